The van der Waals surface area contributed by atoms with E-state index in [4.69, 9.17) is 4.42 Å². The molecule has 0 bridgehead atoms. The number of rotatable bonds is 3. The van der Waals surface area contributed by atoms with Crippen LogP contribution in [0.4, 0.5) is 27.8 Å². The highest BCUT2D eigenvalue weighted by molar-refractivity contribution is 7.26. The number of para-hydroxylation sites is 1. The molecule has 0 unspecified atom stereocenters. The summed E-state index contributed by atoms with van der Waals surface area (Å²) in [7, 11) is 0. The molecule has 0 aliphatic carbocycles. The van der Waals surface area contributed by atoms with Crippen LogP contribution in [0.5, 0.6) is 0 Å². The molecule has 0 atom stereocenters. The summed E-state index contributed by atoms with van der Waals surface area (Å²) in [4.78, 5) is 5.25. The summed E-state index contributed by atoms with van der Waals surface area (Å²) in [5.74, 6) is 0. The summed E-state index contributed by atoms with van der Waals surface area (Å²) in [5.41, 5.74) is 16.8. The first-order chi connectivity index (χ1) is 29.5. The Bertz CT molecular complexity index is 3400. The first-order valence-corrected chi connectivity index (χ1v) is 22.3. The molecule has 0 amide bonds. The molecule has 12 rings (SSSR count). The van der Waals surface area contributed by atoms with Gasteiger partial charge in [0, 0.05) is 49.7 Å². The second-order valence-electron chi connectivity index (χ2n) is 18.9. The zero-order valence-electron chi connectivity index (χ0n) is 35.4. The number of hydrogen-bond acceptors (Lipinski definition) is 4. The van der Waals surface area contributed by atoms with Gasteiger partial charge in [0.15, 0.2) is 0 Å². The van der Waals surface area contributed by atoms with E-state index in [1.54, 1.807) is 0 Å². The van der Waals surface area contributed by atoms with Crippen LogP contribution >= 0.6 is 11.3 Å². The van der Waals surface area contributed by atoms with Gasteiger partial charge in [0.25, 0.3) is 0 Å². The summed E-state index contributed by atoms with van der Waals surface area (Å²) < 4.78 is 7.99. The monoisotopic (exact) mass is 804 g/mol. The summed E-state index contributed by atoms with van der Waals surface area (Å²) in [6, 6.07) is 61.2. The van der Waals surface area contributed by atoms with Crippen LogP contribution < -0.4 is 20.6 Å². The summed E-state index contributed by atoms with van der Waals surface area (Å²) in [5, 5.41) is 7.30. The van der Waals surface area contributed by atoms with E-state index in [1.165, 1.54) is 81.5 Å². The maximum Gasteiger partial charge on any atom is 0.334 e. The molecule has 8 aromatic carbocycles. The third kappa shape index (κ3) is 5.43. The van der Waals surface area contributed by atoms with Gasteiger partial charge in [-0.15, -0.1) is 11.3 Å². The van der Waals surface area contributed by atoms with Crippen molar-refractivity contribution in [2.45, 2.75) is 52.4 Å². The number of nitrogens with zero attached hydrogens (tertiary/aromatic N) is 2. The fraction of sp³-hybridized carbons (Fsp3) is 0.143. The van der Waals surface area contributed by atoms with E-state index in [0.29, 0.717) is 0 Å². The molecule has 0 saturated carbocycles. The van der Waals surface area contributed by atoms with E-state index in [0.717, 1.165) is 33.3 Å². The molecule has 2 aromatic heterocycles. The molecule has 4 heterocycles. The zero-order chi connectivity index (χ0) is 41.4. The molecule has 294 valence electrons. The van der Waals surface area contributed by atoms with Crippen molar-refractivity contribution in [3.8, 4) is 22.3 Å². The third-order valence-electron chi connectivity index (χ3n) is 13.2. The minimum Gasteiger partial charge on any atom is -0.456 e. The Morgan fingerprint density at radius 3 is 1.93 bits per heavy atom. The Labute approximate surface area is 361 Å². The van der Waals surface area contributed by atoms with Crippen LogP contribution in [-0.4, -0.2) is 6.85 Å². The van der Waals surface area contributed by atoms with E-state index < -0.39 is 0 Å². The Kier molecular flexibility index (Phi) is 7.72. The van der Waals surface area contributed by atoms with Gasteiger partial charge < -0.3 is 14.1 Å². The first kappa shape index (κ1) is 36.3. The zero-order valence-corrected chi connectivity index (χ0v) is 36.2. The van der Waals surface area contributed by atoms with Gasteiger partial charge in [0.2, 0.25) is 0 Å². The van der Waals surface area contributed by atoms with Crippen molar-refractivity contribution < 1.29 is 4.42 Å². The molecular weight excluding hydrogens is 760 g/mol. The van der Waals surface area contributed by atoms with Gasteiger partial charge in [0.05, 0.1) is 10.7 Å². The van der Waals surface area contributed by atoms with Gasteiger partial charge in [-0.25, -0.2) is 0 Å². The predicted molar refractivity (Wildman–Crippen MR) is 263 cm³/mol. The topological polar surface area (TPSA) is 19.6 Å². The van der Waals surface area contributed by atoms with Gasteiger partial charge >= 0.3 is 6.85 Å². The average Bonchev–Trinajstić information content (AvgIpc) is 3.83. The van der Waals surface area contributed by atoms with Crippen LogP contribution in [-0.2, 0) is 10.8 Å². The number of thiophene rings is 1. The first-order valence-electron chi connectivity index (χ1n) is 21.5. The second kappa shape index (κ2) is 13.0. The van der Waals surface area contributed by atoms with Gasteiger partial charge in [-0.05, 0) is 109 Å². The molecular formula is C56H45BN2OS. The summed E-state index contributed by atoms with van der Waals surface area (Å²) >= 11 is 1.90. The quantitative estimate of drug-likeness (QED) is 0.166. The van der Waals surface area contributed by atoms with E-state index in [1.807, 2.05) is 11.3 Å². The molecule has 0 radical (unpaired) electrons. The molecule has 0 fully saturated rings. The van der Waals surface area contributed by atoms with E-state index in [-0.39, 0.29) is 17.7 Å². The van der Waals surface area contributed by atoms with Crippen molar-refractivity contribution in [3.05, 3.63) is 175 Å². The number of benzene rings is 8. The van der Waals surface area contributed by atoms with Crippen molar-refractivity contribution in [1.82, 2.24) is 0 Å². The molecule has 0 saturated heterocycles. The Morgan fingerprint density at radius 1 is 0.492 bits per heavy atom. The molecule has 61 heavy (non-hydrogen) atoms. The number of hydrogen-bond donors (Lipinski definition) is 0. The van der Waals surface area contributed by atoms with Crippen LogP contribution in [0.2, 0.25) is 0 Å². The summed E-state index contributed by atoms with van der Waals surface area (Å²) in [6.07, 6.45) is 0. The molecule has 10 aromatic rings. The second-order valence-corrected chi connectivity index (χ2v) is 20.0. The highest BCUT2D eigenvalue weighted by atomic mass is 32.1. The highest BCUT2D eigenvalue weighted by Crippen LogP contribution is 2.54. The Morgan fingerprint density at radius 2 is 1.16 bits per heavy atom. The van der Waals surface area contributed by atoms with Gasteiger partial charge in [-0.3, -0.25) is 0 Å². The van der Waals surface area contributed by atoms with Crippen LogP contribution in [0.15, 0.2) is 168 Å². The van der Waals surface area contributed by atoms with Crippen molar-refractivity contribution in [1.29, 1.82) is 0 Å². The van der Waals surface area contributed by atoms with Crippen molar-refractivity contribution >= 4 is 99.7 Å². The number of anilines is 5. The molecule has 0 spiro atoms. The predicted octanol–water partition coefficient (Wildman–Crippen LogP) is 14.9. The normalized spacial score (nSPS) is 13.6. The lowest BCUT2D eigenvalue weighted by molar-refractivity contribution is 0.590. The fourth-order valence-corrected chi connectivity index (χ4v) is 11.4. The average molecular weight is 805 g/mol. The smallest absolute Gasteiger partial charge is 0.334 e. The van der Waals surface area contributed by atoms with Gasteiger partial charge in [-0.1, -0.05) is 151 Å². The lowest BCUT2D eigenvalue weighted by Gasteiger charge is -2.45. The Balaban J connectivity index is 1.25. The van der Waals surface area contributed by atoms with E-state index >= 15 is 0 Å². The Hall–Kier alpha value is -6.56. The van der Waals surface area contributed by atoms with E-state index in [2.05, 4.69) is 215 Å². The fourth-order valence-electron chi connectivity index (χ4n) is 10.1. The van der Waals surface area contributed by atoms with Crippen LogP contribution in [0.25, 0.3) is 65.1 Å². The van der Waals surface area contributed by atoms with Gasteiger partial charge in [0.1, 0.15) is 11.2 Å². The molecule has 2 aliphatic rings. The number of fused-ring (bicyclic) bond motifs is 11. The maximum absolute atomic E-state index is 6.70. The standard InChI is InChI=1S/C56H45BN2OS/c1-55(2,3)36-24-27-38(28-25-36)59-46-33-49-43(40-20-12-14-22-48(40)60-49)32-44(46)51-39-19-11-10-18-35(39)30-47-53(51)57(59)52-41-21-13-15-23-50(41)61-54(52)58(47)45-29-26-37(56(4,5)6)31-42(45)34-16-8-7-9-17-34/h7-33H,1-6H3. The third-order valence-corrected chi connectivity index (χ3v) is 14.3. The van der Waals surface area contributed by atoms with Crippen LogP contribution in [0.3, 0.4) is 0 Å². The highest BCUT2D eigenvalue weighted by Gasteiger charge is 2.48. The van der Waals surface area contributed by atoms with Gasteiger partial charge in [-0.2, -0.15) is 0 Å². The molecule has 3 nitrogen and oxygen atoms in total. The van der Waals surface area contributed by atoms with Crippen molar-refractivity contribution in [2.75, 3.05) is 9.71 Å². The van der Waals surface area contributed by atoms with Crippen LogP contribution in [0.1, 0.15) is 52.7 Å². The van der Waals surface area contributed by atoms with E-state index in [9.17, 15) is 0 Å². The van der Waals surface area contributed by atoms with Crippen molar-refractivity contribution in [2.24, 2.45) is 0 Å². The summed E-state index contributed by atoms with van der Waals surface area (Å²) in [6.45, 7) is 13.7. The minimum absolute atomic E-state index is 0.0186. The van der Waals surface area contributed by atoms with Crippen LogP contribution in [0, 0.1) is 0 Å². The molecule has 0 N–H and O–H groups in total. The molecule has 2 aliphatic heterocycles. The SMILES string of the molecule is CC(C)(C)c1ccc(N2B3c4c(cc5ccccc5c4-c4cc5c(cc42)oc2ccccc25)N(c2ccc(C(C)(C)C)cc2-c2ccccc2)c2sc4ccccc4c23)cc1. The lowest BCUT2D eigenvalue weighted by atomic mass is 9.43. The van der Waals surface area contributed by atoms with Crippen molar-refractivity contribution in [3.63, 3.8) is 0 Å². The minimum atomic E-state index is -0.124. The lowest BCUT2D eigenvalue weighted by Crippen LogP contribution is -2.61. The number of furan rings is 1. The molecule has 5 heteroatoms. The largest absolute Gasteiger partial charge is 0.456 e. The maximum atomic E-state index is 6.70.